The lowest BCUT2D eigenvalue weighted by atomic mass is 9.65. The smallest absolute Gasteiger partial charge is 0.437 e. The van der Waals surface area contributed by atoms with Gasteiger partial charge >= 0.3 is 6.18 Å². The van der Waals surface area contributed by atoms with E-state index in [0.29, 0.717) is 42.4 Å². The van der Waals surface area contributed by atoms with Gasteiger partial charge in [-0.05, 0) is 93.9 Å². The number of aryl methyl sites for hydroxylation is 1. The molecule has 306 valence electrons. The van der Waals surface area contributed by atoms with E-state index in [4.69, 9.17) is 26.1 Å². The highest BCUT2D eigenvalue weighted by Crippen LogP contribution is 2.47. The van der Waals surface area contributed by atoms with Gasteiger partial charge in [0, 0.05) is 53.7 Å². The number of rotatable bonds is 13. The number of carbonyl (C=O) groups is 2. The third-order valence-corrected chi connectivity index (χ3v) is 13.2. The average Bonchev–Trinajstić information content (AvgIpc) is 3.83. The van der Waals surface area contributed by atoms with Crippen molar-refractivity contribution in [3.8, 4) is 34.1 Å². The predicted octanol–water partition coefficient (Wildman–Crippen LogP) is 8.93. The van der Waals surface area contributed by atoms with E-state index in [1.165, 1.54) is 7.11 Å². The van der Waals surface area contributed by atoms with Gasteiger partial charge in [-0.1, -0.05) is 54.1 Å². The van der Waals surface area contributed by atoms with Crippen molar-refractivity contribution in [1.29, 1.82) is 0 Å². The van der Waals surface area contributed by atoms with Crippen molar-refractivity contribution in [3.63, 3.8) is 0 Å². The van der Waals surface area contributed by atoms with Crippen LogP contribution in [0.25, 0.3) is 22.4 Å². The van der Waals surface area contributed by atoms with Gasteiger partial charge in [0.1, 0.15) is 11.5 Å². The van der Waals surface area contributed by atoms with E-state index in [2.05, 4.69) is 25.5 Å². The maximum Gasteiger partial charge on any atom is 0.437 e. The first kappa shape index (κ1) is 40.0. The van der Waals surface area contributed by atoms with Crippen LogP contribution in [0.15, 0.2) is 48.5 Å². The van der Waals surface area contributed by atoms with E-state index in [-0.39, 0.29) is 47.7 Å². The summed E-state index contributed by atoms with van der Waals surface area (Å²) in [4.78, 5) is 39.7. The van der Waals surface area contributed by atoms with Crippen molar-refractivity contribution >= 4 is 29.1 Å². The molecule has 3 aliphatic heterocycles. The molecule has 2 atom stereocenters. The number of benzene rings is 2. The highest BCUT2D eigenvalue weighted by atomic mass is 35.5. The summed E-state index contributed by atoms with van der Waals surface area (Å²) in [7, 11) is 2.99. The van der Waals surface area contributed by atoms with Crippen LogP contribution < -0.4 is 20.1 Å². The van der Waals surface area contributed by atoms with E-state index >= 15 is 0 Å². The number of ketones is 1. The first-order valence-corrected chi connectivity index (χ1v) is 20.5. The highest BCUT2D eigenvalue weighted by Gasteiger charge is 2.48. The Morgan fingerprint density at radius 3 is 2.40 bits per heavy atom. The Bertz CT molecular complexity index is 2230. The molecule has 4 fully saturated rings. The van der Waals surface area contributed by atoms with Crippen LogP contribution >= 0.6 is 11.6 Å². The Labute approximate surface area is 341 Å². The number of aromatic nitrogens is 3. The third kappa shape index (κ3) is 7.75. The Kier molecular flexibility index (Phi) is 11.1. The number of anilines is 1. The first-order chi connectivity index (χ1) is 27.9. The Balaban J connectivity index is 1.03. The molecule has 14 heteroatoms. The summed E-state index contributed by atoms with van der Waals surface area (Å²) in [6.45, 7) is 2.22. The number of Topliss-reactive ketones (excluding diaryl/α,β-unsaturated/α-hetero) is 1. The van der Waals surface area contributed by atoms with Gasteiger partial charge in [-0.3, -0.25) is 14.5 Å². The van der Waals surface area contributed by atoms with Crippen LogP contribution in [0, 0.1) is 5.41 Å². The van der Waals surface area contributed by atoms with Gasteiger partial charge in [-0.2, -0.15) is 18.2 Å². The zero-order chi connectivity index (χ0) is 40.8. The van der Waals surface area contributed by atoms with E-state index in [1.807, 2.05) is 48.5 Å². The molecule has 5 aliphatic rings. The zero-order valence-electron chi connectivity index (χ0n) is 33.0. The summed E-state index contributed by atoms with van der Waals surface area (Å²) in [5.41, 5.74) is 4.45. The number of amides is 1. The Morgan fingerprint density at radius 1 is 0.948 bits per heavy atom. The van der Waals surface area contributed by atoms with Crippen LogP contribution in [0.1, 0.15) is 98.8 Å². The van der Waals surface area contributed by atoms with Crippen LogP contribution in [0.3, 0.4) is 0 Å². The summed E-state index contributed by atoms with van der Waals surface area (Å²) in [6, 6.07) is 15.4. The Hall–Kier alpha value is -4.75. The van der Waals surface area contributed by atoms with E-state index in [1.54, 1.807) is 14.0 Å². The van der Waals surface area contributed by atoms with Gasteiger partial charge in [-0.25, -0.2) is 9.97 Å². The number of carbonyl (C=O) groups excluding carboxylic acids is 2. The SMILES string of the molecule is COc1nc(-c2cccc(-c3cccc4c3CC[C@@H]4Nc3nc(OC)c(CN4CC5(C(C)=O)CCC4CC5)nc3C(F)(F)F)c2Cl)ccc1CCC[C@@H]1CCC(=O)N1. The topological polar surface area (TPSA) is 119 Å². The number of hydrogen-bond donors (Lipinski definition) is 2. The molecule has 0 radical (unpaired) electrons. The minimum Gasteiger partial charge on any atom is -0.481 e. The van der Waals surface area contributed by atoms with Crippen molar-refractivity contribution in [2.45, 2.75) is 108 Å². The molecule has 9 rings (SSSR count). The fraction of sp³-hybridized carbons (Fsp3) is 0.477. The molecule has 2 aromatic carbocycles. The summed E-state index contributed by atoms with van der Waals surface area (Å²) in [5, 5.41) is 6.63. The minimum atomic E-state index is -4.78. The number of nitrogens with zero attached hydrogens (tertiary/aromatic N) is 4. The number of methoxy groups -OCH3 is 2. The number of hydrogen-bond acceptors (Lipinski definition) is 9. The van der Waals surface area contributed by atoms with Crippen molar-refractivity contribution in [1.82, 2.24) is 25.2 Å². The monoisotopic (exact) mass is 816 g/mol. The fourth-order valence-electron chi connectivity index (χ4n) is 9.64. The molecule has 58 heavy (non-hydrogen) atoms. The van der Waals surface area contributed by atoms with Crippen LogP contribution in [0.2, 0.25) is 5.02 Å². The van der Waals surface area contributed by atoms with Gasteiger partial charge in [0.2, 0.25) is 17.7 Å². The molecule has 10 nitrogen and oxygen atoms in total. The third-order valence-electron chi connectivity index (χ3n) is 12.8. The van der Waals surface area contributed by atoms with Crippen LogP contribution in [-0.4, -0.2) is 64.4 Å². The number of alkyl halides is 3. The predicted molar refractivity (Wildman–Crippen MR) is 215 cm³/mol. The van der Waals surface area contributed by atoms with E-state index in [9.17, 15) is 22.8 Å². The average molecular weight is 817 g/mol. The first-order valence-electron chi connectivity index (χ1n) is 20.2. The number of pyridine rings is 1. The molecule has 2 N–H and O–H groups in total. The molecule has 5 heterocycles. The quantitative estimate of drug-likeness (QED) is 0.136. The largest absolute Gasteiger partial charge is 0.481 e. The highest BCUT2D eigenvalue weighted by molar-refractivity contribution is 6.36. The maximum absolute atomic E-state index is 14.7. The molecule has 1 saturated carbocycles. The van der Waals surface area contributed by atoms with E-state index < -0.39 is 23.3 Å². The van der Waals surface area contributed by atoms with Crippen LogP contribution in [0.5, 0.6) is 11.8 Å². The van der Waals surface area contributed by atoms with Crippen LogP contribution in [0.4, 0.5) is 19.0 Å². The lowest BCUT2D eigenvalue weighted by Crippen LogP contribution is -2.56. The molecule has 3 saturated heterocycles. The summed E-state index contributed by atoms with van der Waals surface area (Å²) in [6.07, 6.45) is 3.60. The van der Waals surface area contributed by atoms with Gasteiger partial charge in [0.25, 0.3) is 0 Å². The number of ether oxygens (including phenoxy) is 2. The Morgan fingerprint density at radius 2 is 1.69 bits per heavy atom. The van der Waals surface area contributed by atoms with Crippen molar-refractivity contribution < 1.29 is 32.2 Å². The maximum atomic E-state index is 14.7. The molecule has 0 unspecified atom stereocenters. The normalized spacial score (nSPS) is 22.8. The van der Waals surface area contributed by atoms with Gasteiger partial charge < -0.3 is 20.1 Å². The molecular weight excluding hydrogens is 769 g/mol. The summed E-state index contributed by atoms with van der Waals surface area (Å²) < 4.78 is 55.5. The second-order valence-electron chi connectivity index (χ2n) is 16.2. The van der Waals surface area contributed by atoms with Gasteiger partial charge in [0.15, 0.2) is 11.5 Å². The lowest BCUT2D eigenvalue weighted by molar-refractivity contribution is -0.141. The van der Waals surface area contributed by atoms with Crippen LogP contribution in [-0.2, 0) is 35.2 Å². The molecule has 4 aromatic rings. The number of fused-ring (bicyclic) bond motifs is 4. The number of halogens is 4. The molecule has 1 amide bonds. The molecule has 2 aliphatic carbocycles. The van der Waals surface area contributed by atoms with Crippen molar-refractivity contribution in [2.24, 2.45) is 5.41 Å². The molecule has 2 aromatic heterocycles. The second-order valence-corrected chi connectivity index (χ2v) is 16.6. The summed E-state index contributed by atoms with van der Waals surface area (Å²) in [5.74, 6) is 0.409. The molecule has 2 bridgehead atoms. The number of nitrogens with one attached hydrogen (secondary N) is 2. The standard InChI is InChI=1S/C44H48ClF3N6O4/c1-25(55)43-21-19-28(20-22-43)54(24-43)23-36-42(58-3)53-40(39(50-36)44(46,47)48)51-34-17-15-30-29(9-5-10-31(30)34)32-11-6-12-33(38(32)45)35-16-13-26(41(52-35)57-2)7-4-8-27-14-18-37(56)49-27/h5-6,9-13,16,27-28,34H,4,7-8,14-15,17-24H2,1-3H3,(H,49,56)(H,51,53)/t27-,28?,34+,43?/m1/s1. The van der Waals surface area contributed by atoms with Gasteiger partial charge in [-0.15, -0.1) is 0 Å². The second kappa shape index (κ2) is 16.1. The number of piperidine rings is 2. The van der Waals surface area contributed by atoms with Gasteiger partial charge in [0.05, 0.1) is 31.0 Å². The van der Waals surface area contributed by atoms with E-state index in [0.717, 1.165) is 84.7 Å². The van der Waals surface area contributed by atoms with Crippen molar-refractivity contribution in [3.05, 3.63) is 81.6 Å². The fourth-order valence-corrected chi connectivity index (χ4v) is 9.96. The van der Waals surface area contributed by atoms with Crippen molar-refractivity contribution in [2.75, 3.05) is 26.1 Å². The lowest BCUT2D eigenvalue weighted by Gasteiger charge is -2.51. The molecular formula is C44H48ClF3N6O4. The zero-order valence-corrected chi connectivity index (χ0v) is 33.7. The minimum absolute atomic E-state index is 0.0294. The molecule has 0 spiro atoms. The summed E-state index contributed by atoms with van der Waals surface area (Å²) >= 11 is 7.17.